The first kappa shape index (κ1) is 17.7. The molecule has 1 aliphatic heterocycles. The summed E-state index contributed by atoms with van der Waals surface area (Å²) in [5, 5.41) is 8.64. The predicted octanol–water partition coefficient (Wildman–Crippen LogP) is 2.29. The summed E-state index contributed by atoms with van der Waals surface area (Å²) in [4.78, 5) is 14.6. The topological polar surface area (TPSA) is 44.4 Å². The molecule has 1 heterocycles. The summed E-state index contributed by atoms with van der Waals surface area (Å²) >= 11 is 0. The summed E-state index contributed by atoms with van der Waals surface area (Å²) in [6.07, 6.45) is 0.999. The number of benzene rings is 2. The lowest BCUT2D eigenvalue weighted by Crippen LogP contribution is -2.44. The standard InChI is InChI=1S/C18H23N3O.ClH/c22-18(20-8-3-11-21-12-9-19-10-13-21)17-7-6-15-4-1-2-5-16(15)14-17;/h1-2,4-7,14,19H,3,8-13H2,(H,20,22);1H. The van der Waals surface area contributed by atoms with E-state index in [1.807, 2.05) is 36.4 Å². The highest BCUT2D eigenvalue weighted by atomic mass is 35.5. The van der Waals surface area contributed by atoms with E-state index < -0.39 is 0 Å². The quantitative estimate of drug-likeness (QED) is 0.825. The number of carbonyl (C=O) groups excluding carboxylic acids is 1. The highest BCUT2D eigenvalue weighted by Gasteiger charge is 2.09. The zero-order chi connectivity index (χ0) is 15.2. The van der Waals surface area contributed by atoms with Gasteiger partial charge in [-0.25, -0.2) is 0 Å². The van der Waals surface area contributed by atoms with Crippen LogP contribution in [0.1, 0.15) is 16.8 Å². The highest BCUT2D eigenvalue weighted by molar-refractivity contribution is 5.98. The number of hydrogen-bond acceptors (Lipinski definition) is 3. The normalized spacial score (nSPS) is 15.1. The van der Waals surface area contributed by atoms with Gasteiger partial charge in [-0.2, -0.15) is 0 Å². The van der Waals surface area contributed by atoms with E-state index in [0.29, 0.717) is 0 Å². The average molecular weight is 334 g/mol. The highest BCUT2D eigenvalue weighted by Crippen LogP contribution is 2.15. The third kappa shape index (κ3) is 4.93. The first-order chi connectivity index (χ1) is 10.8. The van der Waals surface area contributed by atoms with Crippen LogP contribution in [0.15, 0.2) is 42.5 Å². The molecule has 2 aromatic carbocycles. The largest absolute Gasteiger partial charge is 0.352 e. The van der Waals surface area contributed by atoms with Gasteiger partial charge in [0.15, 0.2) is 0 Å². The van der Waals surface area contributed by atoms with Crippen molar-refractivity contribution in [2.24, 2.45) is 0 Å². The summed E-state index contributed by atoms with van der Waals surface area (Å²) in [5.41, 5.74) is 0.737. The molecule has 5 heteroatoms. The fraction of sp³-hybridized carbons (Fsp3) is 0.389. The van der Waals surface area contributed by atoms with E-state index in [4.69, 9.17) is 0 Å². The summed E-state index contributed by atoms with van der Waals surface area (Å²) in [7, 11) is 0. The van der Waals surface area contributed by atoms with Crippen molar-refractivity contribution >= 4 is 29.1 Å². The minimum Gasteiger partial charge on any atom is -0.352 e. The van der Waals surface area contributed by atoms with Crippen molar-refractivity contribution in [3.05, 3.63) is 48.0 Å². The van der Waals surface area contributed by atoms with Crippen LogP contribution in [-0.4, -0.2) is 50.1 Å². The molecule has 0 atom stereocenters. The van der Waals surface area contributed by atoms with Gasteiger partial charge in [0.1, 0.15) is 0 Å². The van der Waals surface area contributed by atoms with Crippen molar-refractivity contribution < 1.29 is 4.79 Å². The summed E-state index contributed by atoms with van der Waals surface area (Å²) in [6, 6.07) is 14.0. The predicted molar refractivity (Wildman–Crippen MR) is 97.5 cm³/mol. The Kier molecular flexibility index (Phi) is 6.84. The van der Waals surface area contributed by atoms with Crippen molar-refractivity contribution in [1.82, 2.24) is 15.5 Å². The molecule has 1 amide bonds. The molecule has 1 fully saturated rings. The lowest BCUT2D eigenvalue weighted by Gasteiger charge is -2.27. The number of hydrogen-bond donors (Lipinski definition) is 2. The van der Waals surface area contributed by atoms with Gasteiger partial charge >= 0.3 is 0 Å². The molecule has 124 valence electrons. The van der Waals surface area contributed by atoms with Gasteiger partial charge in [0.25, 0.3) is 5.91 Å². The minimum absolute atomic E-state index is 0. The average Bonchev–Trinajstić information content (AvgIpc) is 2.59. The van der Waals surface area contributed by atoms with Crippen LogP contribution in [0.4, 0.5) is 0 Å². The van der Waals surface area contributed by atoms with E-state index >= 15 is 0 Å². The van der Waals surface area contributed by atoms with Gasteiger partial charge in [0.2, 0.25) is 0 Å². The Bertz CT molecular complexity index is 641. The molecule has 1 saturated heterocycles. The first-order valence-corrected chi connectivity index (χ1v) is 8.03. The Labute approximate surface area is 143 Å². The van der Waals surface area contributed by atoms with Crippen molar-refractivity contribution in [1.29, 1.82) is 0 Å². The zero-order valence-electron chi connectivity index (χ0n) is 13.3. The maximum absolute atomic E-state index is 12.2. The number of halogens is 1. The molecule has 0 spiro atoms. The number of rotatable bonds is 5. The maximum atomic E-state index is 12.2. The fourth-order valence-corrected chi connectivity index (χ4v) is 2.87. The molecule has 4 nitrogen and oxygen atoms in total. The third-order valence-electron chi connectivity index (χ3n) is 4.16. The van der Waals surface area contributed by atoms with Crippen molar-refractivity contribution in [3.63, 3.8) is 0 Å². The van der Waals surface area contributed by atoms with Gasteiger partial charge in [0, 0.05) is 38.3 Å². The van der Waals surface area contributed by atoms with Crippen LogP contribution in [0.3, 0.4) is 0 Å². The number of nitrogens with one attached hydrogen (secondary N) is 2. The molecule has 2 aromatic rings. The molecule has 0 aromatic heterocycles. The summed E-state index contributed by atoms with van der Waals surface area (Å²) in [5.74, 6) is 0.0195. The number of piperazine rings is 1. The van der Waals surface area contributed by atoms with E-state index in [1.54, 1.807) is 0 Å². The van der Waals surface area contributed by atoms with E-state index in [9.17, 15) is 4.79 Å². The van der Waals surface area contributed by atoms with Crippen LogP contribution in [0, 0.1) is 0 Å². The number of amides is 1. The van der Waals surface area contributed by atoms with Gasteiger partial charge in [-0.1, -0.05) is 30.3 Å². The molecular formula is C18H24ClN3O. The fourth-order valence-electron chi connectivity index (χ4n) is 2.87. The number of nitrogens with zero attached hydrogens (tertiary/aromatic N) is 1. The lowest BCUT2D eigenvalue weighted by molar-refractivity contribution is 0.0951. The first-order valence-electron chi connectivity index (χ1n) is 8.03. The van der Waals surface area contributed by atoms with Crippen LogP contribution in [0.25, 0.3) is 10.8 Å². The Morgan fingerprint density at radius 1 is 1.09 bits per heavy atom. The van der Waals surface area contributed by atoms with Gasteiger partial charge in [-0.15, -0.1) is 12.4 Å². The maximum Gasteiger partial charge on any atom is 0.251 e. The monoisotopic (exact) mass is 333 g/mol. The Hall–Kier alpha value is -1.62. The molecule has 2 N–H and O–H groups in total. The number of fused-ring (bicyclic) bond motifs is 1. The van der Waals surface area contributed by atoms with Gasteiger partial charge in [0.05, 0.1) is 0 Å². The van der Waals surface area contributed by atoms with E-state index in [1.165, 1.54) is 0 Å². The molecule has 1 aliphatic rings. The molecule has 0 bridgehead atoms. The Morgan fingerprint density at radius 2 is 1.83 bits per heavy atom. The van der Waals surface area contributed by atoms with Gasteiger partial charge in [-0.3, -0.25) is 4.79 Å². The minimum atomic E-state index is 0. The zero-order valence-corrected chi connectivity index (χ0v) is 14.1. The second-order valence-electron chi connectivity index (χ2n) is 5.76. The van der Waals surface area contributed by atoms with Gasteiger partial charge in [-0.05, 0) is 35.9 Å². The summed E-state index contributed by atoms with van der Waals surface area (Å²) < 4.78 is 0. The van der Waals surface area contributed by atoms with Crippen LogP contribution in [-0.2, 0) is 0 Å². The van der Waals surface area contributed by atoms with Gasteiger partial charge < -0.3 is 15.5 Å². The third-order valence-corrected chi connectivity index (χ3v) is 4.16. The molecule has 3 rings (SSSR count). The van der Waals surface area contributed by atoms with Crippen molar-refractivity contribution in [2.45, 2.75) is 6.42 Å². The number of carbonyl (C=O) groups is 1. The second kappa shape index (κ2) is 8.87. The van der Waals surface area contributed by atoms with Crippen LogP contribution < -0.4 is 10.6 Å². The van der Waals surface area contributed by atoms with Crippen molar-refractivity contribution in [2.75, 3.05) is 39.3 Å². The van der Waals surface area contributed by atoms with E-state index in [0.717, 1.165) is 62.0 Å². The molecule has 0 unspecified atom stereocenters. The van der Waals surface area contributed by atoms with E-state index in [-0.39, 0.29) is 18.3 Å². The summed E-state index contributed by atoms with van der Waals surface area (Å²) in [6.45, 7) is 6.15. The second-order valence-corrected chi connectivity index (χ2v) is 5.76. The van der Waals surface area contributed by atoms with E-state index in [2.05, 4.69) is 21.6 Å². The molecule has 0 aliphatic carbocycles. The smallest absolute Gasteiger partial charge is 0.251 e. The molecule has 23 heavy (non-hydrogen) atoms. The van der Waals surface area contributed by atoms with Crippen LogP contribution >= 0.6 is 12.4 Å². The van der Waals surface area contributed by atoms with Crippen LogP contribution in [0.2, 0.25) is 0 Å². The van der Waals surface area contributed by atoms with Crippen LogP contribution in [0.5, 0.6) is 0 Å². The Balaban J connectivity index is 0.00000192. The lowest BCUT2D eigenvalue weighted by atomic mass is 10.1. The molecule has 0 radical (unpaired) electrons. The van der Waals surface area contributed by atoms with Crippen molar-refractivity contribution in [3.8, 4) is 0 Å². The SMILES string of the molecule is Cl.O=C(NCCCN1CCNCC1)c1ccc2ccccc2c1. The molecular weight excluding hydrogens is 310 g/mol. The molecule has 0 saturated carbocycles. The Morgan fingerprint density at radius 3 is 2.61 bits per heavy atom.